The van der Waals surface area contributed by atoms with Crippen molar-refractivity contribution in [3.8, 4) is 5.75 Å². The minimum absolute atomic E-state index is 0.127. The quantitative estimate of drug-likeness (QED) is 0.803. The average Bonchev–Trinajstić information content (AvgIpc) is 2.89. The highest BCUT2D eigenvalue weighted by atomic mass is 35.5. The lowest BCUT2D eigenvalue weighted by molar-refractivity contribution is -0.116. The molecule has 1 aromatic carbocycles. The van der Waals surface area contributed by atoms with Crippen LogP contribution in [0.25, 0.3) is 0 Å². The van der Waals surface area contributed by atoms with Gasteiger partial charge < -0.3 is 4.74 Å². The first-order chi connectivity index (χ1) is 9.65. The number of amides is 1. The van der Waals surface area contributed by atoms with E-state index in [0.29, 0.717) is 30.4 Å². The molecule has 6 nitrogen and oxygen atoms in total. The van der Waals surface area contributed by atoms with Crippen LogP contribution in [-0.4, -0.2) is 27.7 Å². The monoisotopic (exact) mass is 294 g/mol. The number of aryl methyl sites for hydroxylation is 1. The van der Waals surface area contributed by atoms with Gasteiger partial charge in [-0.1, -0.05) is 11.6 Å². The van der Waals surface area contributed by atoms with E-state index in [0.717, 1.165) is 11.3 Å². The molecule has 2 rings (SSSR count). The van der Waals surface area contributed by atoms with Crippen molar-refractivity contribution in [1.29, 1.82) is 0 Å². The first-order valence-corrected chi connectivity index (χ1v) is 6.57. The van der Waals surface area contributed by atoms with E-state index < -0.39 is 0 Å². The SMILES string of the molecule is Cc1cc(Cl)ccc1OCCCC(=O)Nc1ncn[nH]1. The topological polar surface area (TPSA) is 79.9 Å². The number of nitrogens with one attached hydrogen (secondary N) is 2. The Kier molecular flexibility index (Phi) is 4.95. The van der Waals surface area contributed by atoms with E-state index >= 15 is 0 Å². The first kappa shape index (κ1) is 14.3. The van der Waals surface area contributed by atoms with Crippen molar-refractivity contribution >= 4 is 23.5 Å². The summed E-state index contributed by atoms with van der Waals surface area (Å²) in [7, 11) is 0. The van der Waals surface area contributed by atoms with Gasteiger partial charge in [0.2, 0.25) is 11.9 Å². The molecule has 7 heteroatoms. The van der Waals surface area contributed by atoms with E-state index in [-0.39, 0.29) is 5.91 Å². The van der Waals surface area contributed by atoms with Crippen molar-refractivity contribution in [3.05, 3.63) is 35.1 Å². The molecule has 0 atom stereocenters. The Bertz CT molecular complexity index is 572. The molecule has 2 N–H and O–H groups in total. The number of benzene rings is 1. The van der Waals surface area contributed by atoms with Crippen LogP contribution in [0, 0.1) is 6.92 Å². The van der Waals surface area contributed by atoms with Crippen LogP contribution in [0.2, 0.25) is 5.02 Å². The van der Waals surface area contributed by atoms with E-state index in [1.54, 1.807) is 6.07 Å². The van der Waals surface area contributed by atoms with Crippen LogP contribution in [0.15, 0.2) is 24.5 Å². The average molecular weight is 295 g/mol. The maximum Gasteiger partial charge on any atom is 0.226 e. The molecule has 0 aliphatic heterocycles. The molecule has 1 amide bonds. The van der Waals surface area contributed by atoms with Gasteiger partial charge in [-0.25, -0.2) is 5.10 Å². The molecule has 106 valence electrons. The van der Waals surface area contributed by atoms with E-state index in [1.807, 2.05) is 19.1 Å². The highest BCUT2D eigenvalue weighted by molar-refractivity contribution is 6.30. The number of H-pyrrole nitrogens is 1. The molecule has 0 unspecified atom stereocenters. The molecule has 0 bridgehead atoms. The van der Waals surface area contributed by atoms with Gasteiger partial charge in [-0.2, -0.15) is 10.1 Å². The Morgan fingerprint density at radius 3 is 3.05 bits per heavy atom. The number of hydrogen-bond acceptors (Lipinski definition) is 4. The molecule has 0 aliphatic rings. The summed E-state index contributed by atoms with van der Waals surface area (Å²) in [6.45, 7) is 2.39. The van der Waals surface area contributed by atoms with Gasteiger partial charge in [0, 0.05) is 11.4 Å². The summed E-state index contributed by atoms with van der Waals surface area (Å²) in [6.07, 6.45) is 2.30. The van der Waals surface area contributed by atoms with Crippen LogP contribution >= 0.6 is 11.6 Å². The minimum Gasteiger partial charge on any atom is -0.493 e. The smallest absolute Gasteiger partial charge is 0.226 e. The summed E-state index contributed by atoms with van der Waals surface area (Å²) < 4.78 is 5.60. The molecular formula is C13H15ClN4O2. The summed E-state index contributed by atoms with van der Waals surface area (Å²) >= 11 is 5.87. The summed E-state index contributed by atoms with van der Waals surface area (Å²) in [6, 6.07) is 5.44. The largest absolute Gasteiger partial charge is 0.493 e. The lowest BCUT2D eigenvalue weighted by atomic mass is 10.2. The minimum atomic E-state index is -0.127. The van der Waals surface area contributed by atoms with Gasteiger partial charge in [0.1, 0.15) is 12.1 Å². The predicted molar refractivity (Wildman–Crippen MR) is 75.9 cm³/mol. The molecule has 0 fully saturated rings. The van der Waals surface area contributed by atoms with Gasteiger partial charge >= 0.3 is 0 Å². The van der Waals surface area contributed by atoms with Crippen molar-refractivity contribution in [2.45, 2.75) is 19.8 Å². The van der Waals surface area contributed by atoms with Gasteiger partial charge in [0.05, 0.1) is 6.61 Å². The fourth-order valence-corrected chi connectivity index (χ4v) is 1.88. The number of rotatable bonds is 6. The van der Waals surface area contributed by atoms with Crippen LogP contribution in [0.5, 0.6) is 5.75 Å². The molecule has 0 radical (unpaired) electrons. The van der Waals surface area contributed by atoms with E-state index in [1.165, 1.54) is 6.33 Å². The Balaban J connectivity index is 1.69. The highest BCUT2D eigenvalue weighted by Gasteiger charge is 2.05. The molecule has 0 spiro atoms. The van der Waals surface area contributed by atoms with Crippen molar-refractivity contribution in [2.24, 2.45) is 0 Å². The number of aromatic amines is 1. The van der Waals surface area contributed by atoms with Crippen molar-refractivity contribution < 1.29 is 9.53 Å². The number of carbonyl (C=O) groups excluding carboxylic acids is 1. The Labute approximate surface area is 121 Å². The maximum absolute atomic E-state index is 11.6. The van der Waals surface area contributed by atoms with Gasteiger partial charge in [-0.15, -0.1) is 0 Å². The predicted octanol–water partition coefficient (Wildman–Crippen LogP) is 2.56. The normalized spacial score (nSPS) is 10.3. The number of aromatic nitrogens is 3. The van der Waals surface area contributed by atoms with E-state index in [4.69, 9.17) is 16.3 Å². The lowest BCUT2D eigenvalue weighted by Gasteiger charge is -2.09. The third-order valence-corrected chi connectivity index (χ3v) is 2.85. The second kappa shape index (κ2) is 6.91. The van der Waals surface area contributed by atoms with Gasteiger partial charge in [0.15, 0.2) is 0 Å². The summed E-state index contributed by atoms with van der Waals surface area (Å²) in [5, 5.41) is 9.48. The summed E-state index contributed by atoms with van der Waals surface area (Å²) in [5.74, 6) is 1.01. The molecule has 0 aliphatic carbocycles. The molecule has 20 heavy (non-hydrogen) atoms. The van der Waals surface area contributed by atoms with Crippen LogP contribution in [-0.2, 0) is 4.79 Å². The highest BCUT2D eigenvalue weighted by Crippen LogP contribution is 2.21. The zero-order valence-corrected chi connectivity index (χ0v) is 11.8. The molecule has 1 heterocycles. The van der Waals surface area contributed by atoms with Crippen LogP contribution in [0.3, 0.4) is 0 Å². The fraction of sp³-hybridized carbons (Fsp3) is 0.308. The standard InChI is InChI=1S/C13H15ClN4O2/c1-9-7-10(14)4-5-11(9)20-6-2-3-12(19)17-13-15-8-16-18-13/h4-5,7-8H,2-3,6H2,1H3,(H2,15,16,17,18,19). The zero-order valence-electron chi connectivity index (χ0n) is 11.0. The molecule has 2 aromatic rings. The molecule has 0 saturated heterocycles. The third kappa shape index (κ3) is 4.24. The van der Waals surface area contributed by atoms with Gasteiger partial charge in [0.25, 0.3) is 0 Å². The third-order valence-electron chi connectivity index (χ3n) is 2.62. The number of nitrogens with zero attached hydrogens (tertiary/aromatic N) is 2. The van der Waals surface area contributed by atoms with Crippen LogP contribution in [0.4, 0.5) is 5.95 Å². The number of hydrogen-bond donors (Lipinski definition) is 2. The van der Waals surface area contributed by atoms with Gasteiger partial charge in [-0.3, -0.25) is 10.1 Å². The Morgan fingerprint density at radius 2 is 2.35 bits per heavy atom. The number of halogens is 1. The van der Waals surface area contributed by atoms with Crippen molar-refractivity contribution in [2.75, 3.05) is 11.9 Å². The number of carbonyl (C=O) groups is 1. The maximum atomic E-state index is 11.6. The van der Waals surface area contributed by atoms with Crippen LogP contribution in [0.1, 0.15) is 18.4 Å². The number of anilines is 1. The second-order valence-corrected chi connectivity index (χ2v) is 4.68. The van der Waals surface area contributed by atoms with Crippen molar-refractivity contribution in [3.63, 3.8) is 0 Å². The lowest BCUT2D eigenvalue weighted by Crippen LogP contribution is -2.13. The Morgan fingerprint density at radius 1 is 1.50 bits per heavy atom. The number of ether oxygens (including phenoxy) is 1. The summed E-state index contributed by atoms with van der Waals surface area (Å²) in [5.41, 5.74) is 0.976. The molecular weight excluding hydrogens is 280 g/mol. The Hall–Kier alpha value is -2.08. The second-order valence-electron chi connectivity index (χ2n) is 4.24. The van der Waals surface area contributed by atoms with E-state index in [9.17, 15) is 4.79 Å². The van der Waals surface area contributed by atoms with Crippen molar-refractivity contribution in [1.82, 2.24) is 15.2 Å². The van der Waals surface area contributed by atoms with Gasteiger partial charge in [-0.05, 0) is 37.1 Å². The summed E-state index contributed by atoms with van der Waals surface area (Å²) in [4.78, 5) is 15.4. The van der Waals surface area contributed by atoms with Crippen LogP contribution < -0.4 is 10.1 Å². The fourth-order valence-electron chi connectivity index (χ4n) is 1.65. The molecule has 1 aromatic heterocycles. The first-order valence-electron chi connectivity index (χ1n) is 6.19. The zero-order chi connectivity index (χ0) is 14.4. The van der Waals surface area contributed by atoms with E-state index in [2.05, 4.69) is 20.5 Å². The molecule has 0 saturated carbocycles.